The van der Waals surface area contributed by atoms with Crippen LogP contribution in [0.5, 0.6) is 0 Å². The summed E-state index contributed by atoms with van der Waals surface area (Å²) in [5, 5.41) is 81.5. The Labute approximate surface area is 261 Å². The van der Waals surface area contributed by atoms with E-state index in [2.05, 4.69) is 0 Å². The number of nitrogens with zero attached hydrogens (tertiary/aromatic N) is 2. The average molecular weight is 756 g/mol. The van der Waals surface area contributed by atoms with Gasteiger partial charge in [0.15, 0.2) is 0 Å². The van der Waals surface area contributed by atoms with Gasteiger partial charge in [0.25, 0.3) is 10.2 Å². The van der Waals surface area contributed by atoms with Gasteiger partial charge in [-0.05, 0) is 57.8 Å². The van der Waals surface area contributed by atoms with Crippen molar-refractivity contribution >= 4 is 0 Å². The van der Waals surface area contributed by atoms with Gasteiger partial charge < -0.3 is 55.9 Å². The molecule has 14 nitrogen and oxygen atoms in total. The van der Waals surface area contributed by atoms with Crippen LogP contribution in [0.1, 0.15) is 57.8 Å². The van der Waals surface area contributed by atoms with Crippen molar-refractivity contribution in [3.63, 3.8) is 0 Å². The van der Waals surface area contributed by atoms with Crippen molar-refractivity contribution in [3.05, 3.63) is 71.5 Å². The fourth-order valence-corrected chi connectivity index (χ4v) is 2.94. The molecule has 0 fully saturated rings. The summed E-state index contributed by atoms with van der Waals surface area (Å²) in [5.41, 5.74) is 0. The van der Waals surface area contributed by atoms with E-state index < -0.39 is 46.8 Å². The second-order valence-electron chi connectivity index (χ2n) is 7.73. The molecule has 0 spiro atoms. The second-order valence-corrected chi connectivity index (χ2v) is 7.73. The zero-order chi connectivity index (χ0) is 27.2. The predicted octanol–water partition coefficient (Wildman–Crippen LogP) is 1.55. The molecule has 39 heavy (non-hydrogen) atoms. The summed E-state index contributed by atoms with van der Waals surface area (Å²) in [7, 11) is 0. The van der Waals surface area contributed by atoms with E-state index in [0.29, 0.717) is 19.3 Å². The van der Waals surface area contributed by atoms with E-state index >= 15 is 0 Å². The van der Waals surface area contributed by atoms with E-state index in [9.17, 15) is 0 Å². The molecule has 0 amide bonds. The summed E-state index contributed by atoms with van der Waals surface area (Å²) < 4.78 is 0. The van der Waals surface area contributed by atoms with Crippen LogP contribution in [0.15, 0.2) is 36.5 Å². The number of allylic oxidation sites excluding steroid dienone is 3. The minimum atomic E-state index is -1.50. The number of hydrogen-bond acceptors (Lipinski definition) is 10. The van der Waals surface area contributed by atoms with Gasteiger partial charge in [-0.3, -0.25) is 0 Å². The van der Waals surface area contributed by atoms with Gasteiger partial charge in [0, 0.05) is 0 Å². The molecule has 3 aliphatic rings. The molecule has 3 aliphatic carbocycles. The van der Waals surface area contributed by atoms with Gasteiger partial charge in [0.05, 0.1) is 36.6 Å². The Hall–Kier alpha value is -1.14. The van der Waals surface area contributed by atoms with Crippen LogP contribution in [0.3, 0.4) is 0 Å². The fourth-order valence-electron chi connectivity index (χ4n) is 2.94. The minimum Gasteiger partial charge on any atom is -0.390 e. The number of hydrogen-bond donors (Lipinski definition) is 8. The number of aliphatic hydroxyl groups is 6. The van der Waals surface area contributed by atoms with Crippen molar-refractivity contribution in [2.75, 3.05) is 0 Å². The Kier molecular flexibility index (Phi) is 43.0. The summed E-state index contributed by atoms with van der Waals surface area (Å²) in [6, 6.07) is 0. The third kappa shape index (κ3) is 36.9. The molecule has 0 heterocycles. The number of aliphatic hydroxyl groups excluding tert-OH is 6. The molecule has 0 radical (unpaired) electrons. The van der Waals surface area contributed by atoms with Crippen LogP contribution < -0.4 is 0 Å². The molecule has 0 bridgehead atoms. The first kappa shape index (κ1) is 50.7. The quantitative estimate of drug-likeness (QED) is 0.0577. The first-order valence-corrected chi connectivity index (χ1v) is 11.1. The van der Waals surface area contributed by atoms with Crippen LogP contribution in [0.2, 0.25) is 0 Å². The molecular weight excluding hydrogens is 712 g/mol. The van der Waals surface area contributed by atoms with Crippen molar-refractivity contribution in [2.45, 2.75) is 94.4 Å². The Morgan fingerprint density at radius 3 is 0.897 bits per heavy atom. The maximum atomic E-state index is 9.06. The third-order valence-electron chi connectivity index (χ3n) is 4.79. The van der Waals surface area contributed by atoms with Gasteiger partial charge in [0.2, 0.25) is 0 Å². The van der Waals surface area contributed by atoms with Crippen molar-refractivity contribution in [1.82, 2.24) is 0 Å². The summed E-state index contributed by atoms with van der Waals surface area (Å²) in [4.78, 5) is 16.7. The van der Waals surface area contributed by atoms with Crippen molar-refractivity contribution < 1.29 is 96.0 Å². The zero-order valence-electron chi connectivity index (χ0n) is 22.0. The summed E-state index contributed by atoms with van der Waals surface area (Å²) in [5.74, 6) is 0. The topological polar surface area (TPSA) is 248 Å². The van der Waals surface area contributed by atoms with Gasteiger partial charge in [-0.25, -0.2) is 0 Å². The van der Waals surface area contributed by atoms with Gasteiger partial charge in [-0.1, -0.05) is 36.5 Å². The van der Waals surface area contributed by atoms with Crippen LogP contribution in [-0.2, 0) is 44.8 Å². The summed E-state index contributed by atoms with van der Waals surface area (Å²) in [6.45, 7) is 0. The smallest absolute Gasteiger partial charge is 0.390 e. The standard InChI is InChI=1S/3C7H12O2.2CH3.2Ag.2HNO3/c3*8-6-4-2-1-3-5-7(6)9;;;;;2*2-1(3)4/h3*2,4,6-9H,1,3,5H2;2*1H3;;;2*(H,2,3,4)/q;;;2*-1;2*+1;;/t3*6-,7-;;;;;;/m000....../s1. The van der Waals surface area contributed by atoms with Crippen molar-refractivity contribution in [1.29, 1.82) is 0 Å². The van der Waals surface area contributed by atoms with E-state index in [0.717, 1.165) is 38.5 Å². The normalized spacial score (nSPS) is 26.3. The molecule has 0 aliphatic heterocycles. The van der Waals surface area contributed by atoms with Gasteiger partial charge in [0.1, 0.15) is 0 Å². The molecule has 8 N–H and O–H groups in total. The molecule has 0 saturated heterocycles. The van der Waals surface area contributed by atoms with Crippen molar-refractivity contribution in [3.8, 4) is 0 Å². The fraction of sp³-hybridized carbons (Fsp3) is 0.652. The van der Waals surface area contributed by atoms with E-state index in [4.69, 9.17) is 61.3 Å². The van der Waals surface area contributed by atoms with Gasteiger partial charge in [-0.2, -0.15) is 0 Å². The second kappa shape index (κ2) is 33.1. The first-order chi connectivity index (χ1) is 16.4. The zero-order valence-corrected chi connectivity index (χ0v) is 25.0. The molecular formula is C23H44Ag2N2O12. The molecule has 16 heteroatoms. The molecule has 0 aromatic rings. The summed E-state index contributed by atoms with van der Waals surface area (Å²) in [6.07, 6.45) is 15.3. The number of rotatable bonds is 0. The molecule has 0 aromatic carbocycles. The van der Waals surface area contributed by atoms with Crippen LogP contribution >= 0.6 is 0 Å². The Balaban J connectivity index is -0.0000000884. The first-order valence-electron chi connectivity index (χ1n) is 11.1. The minimum absolute atomic E-state index is 0. The largest absolute Gasteiger partial charge is 1.00 e. The molecule has 3 rings (SSSR count). The molecule has 0 unspecified atom stereocenters. The molecule has 6 atom stereocenters. The van der Waals surface area contributed by atoms with Crippen LogP contribution in [-0.4, -0.2) is 87.9 Å². The average Bonchev–Trinajstić information content (AvgIpc) is 3.16. The van der Waals surface area contributed by atoms with E-state index in [1.54, 1.807) is 18.2 Å². The van der Waals surface area contributed by atoms with Crippen LogP contribution in [0.4, 0.5) is 0 Å². The summed E-state index contributed by atoms with van der Waals surface area (Å²) >= 11 is 0. The van der Waals surface area contributed by atoms with Crippen LogP contribution in [0, 0.1) is 35.1 Å². The third-order valence-corrected chi connectivity index (χ3v) is 4.79. The maximum absolute atomic E-state index is 9.06. The molecule has 240 valence electrons. The maximum Gasteiger partial charge on any atom is 1.00 e. The monoisotopic (exact) mass is 754 g/mol. The predicted molar refractivity (Wildman–Crippen MR) is 135 cm³/mol. The van der Waals surface area contributed by atoms with Crippen LogP contribution in [0.25, 0.3) is 0 Å². The van der Waals surface area contributed by atoms with E-state index in [1.807, 2.05) is 18.2 Å². The van der Waals surface area contributed by atoms with Gasteiger partial charge in [-0.15, -0.1) is 20.2 Å². The van der Waals surface area contributed by atoms with Crippen molar-refractivity contribution in [2.24, 2.45) is 0 Å². The van der Waals surface area contributed by atoms with E-state index in [-0.39, 0.29) is 59.6 Å². The Bertz CT molecular complexity index is 570. The molecule has 0 aromatic heterocycles. The van der Waals surface area contributed by atoms with Gasteiger partial charge >= 0.3 is 44.8 Å². The molecule has 0 saturated carbocycles. The SMILES string of the molecule is O=[N+]([O-])O.O=[N+]([O-])O.O[C@H]1C=CCCC[C@@H]1O.O[C@H]1C=CCCC[C@@H]1O.O[C@H]1C=CCCC[C@@H]1O.[Ag+].[Ag+].[CH3-].[CH3-]. The Morgan fingerprint density at radius 1 is 0.538 bits per heavy atom. The Morgan fingerprint density at radius 2 is 0.718 bits per heavy atom. The van der Waals surface area contributed by atoms with E-state index in [1.165, 1.54) is 0 Å².